The highest BCUT2D eigenvalue weighted by atomic mass is 16.3. The van der Waals surface area contributed by atoms with Crippen LogP contribution in [0.2, 0.25) is 0 Å². The maximum absolute atomic E-state index is 13.3. The molecule has 1 aromatic carbocycles. The van der Waals surface area contributed by atoms with E-state index >= 15 is 0 Å². The van der Waals surface area contributed by atoms with Crippen molar-refractivity contribution in [3.8, 4) is 5.75 Å². The van der Waals surface area contributed by atoms with E-state index < -0.39 is 71.2 Å². The molecule has 8 amide bonds. The molecule has 0 bridgehead atoms. The van der Waals surface area contributed by atoms with Gasteiger partial charge in [-0.2, -0.15) is 9.80 Å². The molecule has 11 heteroatoms. The van der Waals surface area contributed by atoms with Crippen molar-refractivity contribution in [1.29, 1.82) is 0 Å². The molecule has 182 valence electrons. The number of carbonyl (C=O) groups excluding carboxylic acids is 6. The Morgan fingerprint density at radius 2 is 1.34 bits per heavy atom. The van der Waals surface area contributed by atoms with Crippen LogP contribution in [-0.2, 0) is 19.2 Å². The van der Waals surface area contributed by atoms with Gasteiger partial charge in [0.15, 0.2) is 0 Å². The molecule has 1 aromatic rings. The van der Waals surface area contributed by atoms with Gasteiger partial charge in [-0.25, -0.2) is 9.59 Å². The van der Waals surface area contributed by atoms with Crippen LogP contribution >= 0.6 is 0 Å². The fourth-order valence-corrected chi connectivity index (χ4v) is 6.57. The first-order valence-corrected chi connectivity index (χ1v) is 11.3. The lowest BCUT2D eigenvalue weighted by molar-refractivity contribution is -0.138. The molecule has 4 aliphatic rings. The molecular formula is C24H24N4O7. The number of urea groups is 2. The molecule has 6 atom stereocenters. The van der Waals surface area contributed by atoms with E-state index in [2.05, 4.69) is 0 Å². The van der Waals surface area contributed by atoms with Crippen LogP contribution in [0.15, 0.2) is 23.8 Å². The van der Waals surface area contributed by atoms with Crippen LogP contribution in [0.1, 0.15) is 35.4 Å². The molecule has 5 rings (SSSR count). The monoisotopic (exact) mass is 480 g/mol. The molecular weight excluding hydrogens is 456 g/mol. The van der Waals surface area contributed by atoms with Crippen molar-refractivity contribution in [1.82, 2.24) is 9.80 Å². The van der Waals surface area contributed by atoms with E-state index in [1.807, 2.05) is 0 Å². The summed E-state index contributed by atoms with van der Waals surface area (Å²) in [5, 5.41) is 10.3. The third kappa shape index (κ3) is 2.96. The van der Waals surface area contributed by atoms with Crippen LogP contribution in [0, 0.1) is 43.4 Å². The van der Waals surface area contributed by atoms with Gasteiger partial charge in [0.05, 0.1) is 23.7 Å². The van der Waals surface area contributed by atoms with E-state index in [0.29, 0.717) is 32.1 Å². The van der Waals surface area contributed by atoms with Crippen molar-refractivity contribution in [2.75, 3.05) is 0 Å². The summed E-state index contributed by atoms with van der Waals surface area (Å²) >= 11 is 0. The van der Waals surface area contributed by atoms with Crippen molar-refractivity contribution in [2.45, 2.75) is 32.6 Å². The third-order valence-corrected chi connectivity index (χ3v) is 7.96. The lowest BCUT2D eigenvalue weighted by Gasteiger charge is -2.44. The zero-order valence-electron chi connectivity index (χ0n) is 19.1. The van der Waals surface area contributed by atoms with E-state index in [1.165, 1.54) is 0 Å². The summed E-state index contributed by atoms with van der Waals surface area (Å²) in [7, 11) is 0. The minimum Gasteiger partial charge on any atom is -0.507 e. The Bertz CT molecular complexity index is 1260. The smallest absolute Gasteiger partial charge is 0.328 e. The number of imide groups is 6. The minimum absolute atomic E-state index is 0.0458. The summed E-state index contributed by atoms with van der Waals surface area (Å²) in [6.07, 6.45) is 2.01. The molecule has 2 heterocycles. The molecule has 3 fully saturated rings. The topological polar surface area (TPSA) is 181 Å². The summed E-state index contributed by atoms with van der Waals surface area (Å²) in [4.78, 5) is 77.1. The van der Waals surface area contributed by atoms with Crippen LogP contribution in [-0.4, -0.2) is 50.6 Å². The fourth-order valence-electron chi connectivity index (χ4n) is 6.57. The number of nitrogens with zero attached hydrogens (tertiary/aromatic N) is 2. The van der Waals surface area contributed by atoms with Crippen molar-refractivity contribution >= 4 is 35.7 Å². The minimum atomic E-state index is -1.17. The molecule has 2 aliphatic carbocycles. The van der Waals surface area contributed by atoms with Crippen LogP contribution < -0.4 is 11.5 Å². The molecule has 1 saturated carbocycles. The summed E-state index contributed by atoms with van der Waals surface area (Å²) in [6, 6.07) is 1.09. The van der Waals surface area contributed by atoms with Gasteiger partial charge >= 0.3 is 12.1 Å². The van der Waals surface area contributed by atoms with Crippen molar-refractivity contribution in [3.63, 3.8) is 0 Å². The van der Waals surface area contributed by atoms with Crippen LogP contribution in [0.5, 0.6) is 5.75 Å². The molecule has 2 saturated heterocycles. The Morgan fingerprint density at radius 3 is 1.89 bits per heavy atom. The number of amides is 8. The van der Waals surface area contributed by atoms with E-state index in [-0.39, 0.29) is 18.6 Å². The average molecular weight is 480 g/mol. The molecule has 0 radical (unpaired) electrons. The molecule has 5 N–H and O–H groups in total. The lowest BCUT2D eigenvalue weighted by atomic mass is 9.57. The highest BCUT2D eigenvalue weighted by Crippen LogP contribution is 2.58. The molecule has 0 aromatic heterocycles. The molecule has 11 nitrogen and oxygen atoms in total. The van der Waals surface area contributed by atoms with E-state index in [9.17, 15) is 33.9 Å². The second kappa shape index (κ2) is 7.49. The number of benzene rings is 1. The number of allylic oxidation sites excluding steroid dienone is 2. The Morgan fingerprint density at radius 1 is 0.829 bits per heavy atom. The predicted molar refractivity (Wildman–Crippen MR) is 118 cm³/mol. The zero-order chi connectivity index (χ0) is 25.5. The standard InChI is InChI=1S/C24H24N4O7/c1-8-5-10(6-9(2)18(8)29)15-11-3-4-12-16(21(32)27(19(12)30)23(25)34)13(11)7-14-17(15)22(33)28(20(14)31)24(26)35/h3,5-6,12-17,29H,4,7H2,1-2H3,(H2,25,34)(H2,26,35). The van der Waals surface area contributed by atoms with Crippen molar-refractivity contribution < 1.29 is 33.9 Å². The van der Waals surface area contributed by atoms with Gasteiger partial charge in [-0.05, 0) is 49.3 Å². The second-order valence-electron chi connectivity index (χ2n) is 9.73. The Hall–Kier alpha value is -4.02. The van der Waals surface area contributed by atoms with Gasteiger partial charge in [0.1, 0.15) is 5.75 Å². The number of aryl methyl sites for hydroxylation is 2. The Kier molecular flexibility index (Phi) is 4.87. The number of aromatic hydroxyl groups is 1. The van der Waals surface area contributed by atoms with E-state index in [1.54, 1.807) is 32.1 Å². The number of likely N-dealkylation sites (tertiary alicyclic amines) is 2. The number of hydrogen-bond acceptors (Lipinski definition) is 7. The third-order valence-electron chi connectivity index (χ3n) is 7.96. The van der Waals surface area contributed by atoms with E-state index in [0.717, 1.165) is 0 Å². The van der Waals surface area contributed by atoms with Gasteiger partial charge in [-0.1, -0.05) is 23.8 Å². The highest BCUT2D eigenvalue weighted by molar-refractivity contribution is 6.18. The molecule has 6 unspecified atom stereocenters. The van der Waals surface area contributed by atoms with Crippen LogP contribution in [0.4, 0.5) is 9.59 Å². The molecule has 2 aliphatic heterocycles. The van der Waals surface area contributed by atoms with Gasteiger partial charge in [0, 0.05) is 5.92 Å². The molecule has 35 heavy (non-hydrogen) atoms. The maximum Gasteiger partial charge on any atom is 0.328 e. The van der Waals surface area contributed by atoms with Gasteiger partial charge in [-0.15, -0.1) is 0 Å². The largest absolute Gasteiger partial charge is 0.507 e. The summed E-state index contributed by atoms with van der Waals surface area (Å²) in [5.74, 6) is -7.67. The van der Waals surface area contributed by atoms with Crippen molar-refractivity contribution in [3.05, 3.63) is 40.5 Å². The fraction of sp³-hybridized carbons (Fsp3) is 0.417. The number of carbonyl (C=O) groups is 6. The number of phenolic OH excluding ortho intramolecular Hbond substituents is 1. The predicted octanol–water partition coefficient (Wildman–Crippen LogP) is 0.802. The Balaban J connectivity index is 1.68. The van der Waals surface area contributed by atoms with E-state index in [4.69, 9.17) is 11.5 Å². The van der Waals surface area contributed by atoms with Gasteiger partial charge in [0.25, 0.3) is 0 Å². The van der Waals surface area contributed by atoms with Gasteiger partial charge < -0.3 is 16.6 Å². The quantitative estimate of drug-likeness (QED) is 0.392. The normalized spacial score (nSPS) is 31.8. The van der Waals surface area contributed by atoms with Crippen LogP contribution in [0.25, 0.3) is 0 Å². The number of phenols is 1. The number of hydrogen-bond donors (Lipinski definition) is 3. The number of rotatable bonds is 1. The summed E-state index contributed by atoms with van der Waals surface area (Å²) < 4.78 is 0. The average Bonchev–Trinajstić information content (AvgIpc) is 3.19. The van der Waals surface area contributed by atoms with Gasteiger partial charge in [0.2, 0.25) is 23.6 Å². The number of nitrogens with two attached hydrogens (primary N) is 2. The van der Waals surface area contributed by atoms with Crippen molar-refractivity contribution in [2.24, 2.45) is 41.1 Å². The highest BCUT2D eigenvalue weighted by Gasteiger charge is 2.63. The first-order valence-electron chi connectivity index (χ1n) is 11.3. The lowest BCUT2D eigenvalue weighted by Crippen LogP contribution is -2.44. The summed E-state index contributed by atoms with van der Waals surface area (Å²) in [5.41, 5.74) is 13.1. The number of fused-ring (bicyclic) bond motifs is 4. The molecule has 0 spiro atoms. The second-order valence-corrected chi connectivity index (χ2v) is 9.73. The maximum atomic E-state index is 13.3. The SMILES string of the molecule is Cc1cc(C2C3=CCC4C(=O)N(C(N)=O)C(=O)C4C3CC3C(=O)N(C(N)=O)C(=O)C32)cc(C)c1O. The number of primary amides is 2. The van der Waals surface area contributed by atoms with Crippen LogP contribution in [0.3, 0.4) is 0 Å². The Labute approximate surface area is 199 Å². The first kappa shape index (κ1) is 22.8. The first-order chi connectivity index (χ1) is 16.5. The summed E-state index contributed by atoms with van der Waals surface area (Å²) in [6.45, 7) is 3.41. The zero-order valence-corrected chi connectivity index (χ0v) is 19.1. The van der Waals surface area contributed by atoms with Gasteiger partial charge in [-0.3, -0.25) is 19.2 Å².